The molecule has 0 bridgehead atoms. The van der Waals surface area contributed by atoms with E-state index in [0.29, 0.717) is 19.1 Å². The summed E-state index contributed by atoms with van der Waals surface area (Å²) < 4.78 is 12.1. The molecule has 2 aliphatic heterocycles. The fourth-order valence-electron chi connectivity index (χ4n) is 5.77. The molecule has 6 heteroatoms. The van der Waals surface area contributed by atoms with Crippen LogP contribution in [0.2, 0.25) is 0 Å². The van der Waals surface area contributed by atoms with Gasteiger partial charge in [0, 0.05) is 12.5 Å². The molecule has 2 saturated carbocycles. The molecule has 2 aliphatic carbocycles. The first kappa shape index (κ1) is 21.0. The monoisotopic (exact) mass is 426 g/mol. The summed E-state index contributed by atoms with van der Waals surface area (Å²) >= 11 is 0. The number of hydrogen-bond donors (Lipinski definition) is 1. The highest BCUT2D eigenvalue weighted by atomic mass is 16.5. The Kier molecular flexibility index (Phi) is 6.02. The van der Waals surface area contributed by atoms with Crippen LogP contribution in [0.1, 0.15) is 62.8 Å². The van der Waals surface area contributed by atoms with E-state index in [1.807, 2.05) is 4.90 Å². The average Bonchev–Trinajstić information content (AvgIpc) is 3.64. The maximum Gasteiger partial charge on any atom is 0.246 e. The first-order valence-corrected chi connectivity index (χ1v) is 12.0. The Balaban J connectivity index is 1.24. The molecule has 4 fully saturated rings. The van der Waals surface area contributed by atoms with Crippen molar-refractivity contribution in [2.24, 2.45) is 5.92 Å². The Bertz CT molecular complexity index is 784. The first-order valence-electron chi connectivity index (χ1n) is 12.0. The molecule has 6 nitrogen and oxygen atoms in total. The van der Waals surface area contributed by atoms with E-state index in [9.17, 15) is 9.59 Å². The summed E-state index contributed by atoms with van der Waals surface area (Å²) in [6, 6.07) is 10.6. The number of rotatable bonds is 5. The number of morpholine rings is 1. The molecule has 2 atom stereocenters. The Hall–Kier alpha value is -1.92. The quantitative estimate of drug-likeness (QED) is 0.786. The third kappa shape index (κ3) is 4.51. The predicted octanol–water partition coefficient (Wildman–Crippen LogP) is 3.02. The molecule has 4 aliphatic rings. The summed E-state index contributed by atoms with van der Waals surface area (Å²) in [6.07, 6.45) is 8.27. The van der Waals surface area contributed by atoms with E-state index < -0.39 is 5.54 Å². The molecule has 1 N–H and O–H groups in total. The van der Waals surface area contributed by atoms with Crippen LogP contribution in [0.3, 0.4) is 0 Å². The lowest BCUT2D eigenvalue weighted by atomic mass is 9.80. The van der Waals surface area contributed by atoms with Crippen molar-refractivity contribution in [2.75, 3.05) is 26.4 Å². The minimum Gasteiger partial charge on any atom is -0.376 e. The van der Waals surface area contributed by atoms with E-state index in [0.717, 1.165) is 57.9 Å². The largest absolute Gasteiger partial charge is 0.376 e. The number of nitrogens with zero attached hydrogens (tertiary/aromatic N) is 1. The number of benzene rings is 1. The van der Waals surface area contributed by atoms with Gasteiger partial charge in [0.1, 0.15) is 6.61 Å². The number of carbonyl (C=O) groups excluding carboxylic acids is 2. The SMILES string of the molecule is O=C1COC[C@]2(CCCN(C(=O)C3CC3)[C@@H]2COC2CCC(c3ccccc3)CC2)N1. The summed E-state index contributed by atoms with van der Waals surface area (Å²) in [5.74, 6) is 0.931. The number of ether oxygens (including phenoxy) is 2. The molecular weight excluding hydrogens is 392 g/mol. The number of nitrogens with one attached hydrogen (secondary N) is 1. The molecule has 2 heterocycles. The Morgan fingerprint density at radius 3 is 2.61 bits per heavy atom. The van der Waals surface area contributed by atoms with Crippen LogP contribution in [0.25, 0.3) is 0 Å². The number of amides is 2. The van der Waals surface area contributed by atoms with E-state index in [1.54, 1.807) is 0 Å². The van der Waals surface area contributed by atoms with Crippen LogP contribution in [0, 0.1) is 5.92 Å². The number of piperidine rings is 1. The lowest BCUT2D eigenvalue weighted by Crippen LogP contribution is -2.72. The van der Waals surface area contributed by atoms with Crippen LogP contribution in [0.15, 0.2) is 30.3 Å². The maximum atomic E-state index is 13.0. The van der Waals surface area contributed by atoms with Crippen LogP contribution < -0.4 is 5.32 Å². The van der Waals surface area contributed by atoms with Gasteiger partial charge in [0.2, 0.25) is 11.8 Å². The topological polar surface area (TPSA) is 67.9 Å². The summed E-state index contributed by atoms with van der Waals surface area (Å²) in [4.78, 5) is 27.3. The van der Waals surface area contributed by atoms with Gasteiger partial charge >= 0.3 is 0 Å². The summed E-state index contributed by atoms with van der Waals surface area (Å²) in [5.41, 5.74) is 0.912. The van der Waals surface area contributed by atoms with Gasteiger partial charge in [-0.3, -0.25) is 9.59 Å². The number of likely N-dealkylation sites (tertiary alicyclic amines) is 1. The minimum absolute atomic E-state index is 0.0830. The zero-order valence-corrected chi connectivity index (χ0v) is 18.3. The Morgan fingerprint density at radius 2 is 1.90 bits per heavy atom. The Labute approximate surface area is 184 Å². The molecule has 0 aromatic heterocycles. The van der Waals surface area contributed by atoms with Gasteiger partial charge in [0.05, 0.1) is 30.9 Å². The van der Waals surface area contributed by atoms with E-state index in [1.165, 1.54) is 5.56 Å². The number of carbonyl (C=O) groups is 2. The van der Waals surface area contributed by atoms with Crippen molar-refractivity contribution < 1.29 is 19.1 Å². The lowest BCUT2D eigenvalue weighted by Gasteiger charge is -2.51. The van der Waals surface area contributed by atoms with Crippen LogP contribution in [-0.4, -0.2) is 60.8 Å². The molecule has 31 heavy (non-hydrogen) atoms. The van der Waals surface area contributed by atoms with Crippen LogP contribution in [0.5, 0.6) is 0 Å². The zero-order chi connectivity index (χ0) is 21.3. The summed E-state index contributed by atoms with van der Waals surface area (Å²) in [7, 11) is 0. The average molecular weight is 427 g/mol. The highest BCUT2D eigenvalue weighted by molar-refractivity contribution is 5.82. The van der Waals surface area contributed by atoms with Gasteiger partial charge in [-0.15, -0.1) is 0 Å². The fourth-order valence-corrected chi connectivity index (χ4v) is 5.77. The van der Waals surface area contributed by atoms with Gasteiger partial charge in [-0.05, 0) is 62.8 Å². The van der Waals surface area contributed by atoms with Crippen molar-refractivity contribution in [3.05, 3.63) is 35.9 Å². The van der Waals surface area contributed by atoms with Gasteiger partial charge < -0.3 is 19.7 Å². The molecule has 2 saturated heterocycles. The summed E-state index contributed by atoms with van der Waals surface area (Å²) in [6.45, 7) is 1.79. The van der Waals surface area contributed by atoms with Gasteiger partial charge in [0.15, 0.2) is 0 Å². The molecule has 0 radical (unpaired) electrons. The molecule has 2 amide bonds. The fraction of sp³-hybridized carbons (Fsp3) is 0.680. The maximum absolute atomic E-state index is 13.0. The van der Waals surface area contributed by atoms with Gasteiger partial charge in [-0.25, -0.2) is 0 Å². The first-order chi connectivity index (χ1) is 15.1. The van der Waals surface area contributed by atoms with Crippen molar-refractivity contribution >= 4 is 11.8 Å². The van der Waals surface area contributed by atoms with Gasteiger partial charge in [0.25, 0.3) is 0 Å². The molecular formula is C25H34N2O4. The standard InChI is InChI=1S/C25H34N2O4/c28-23-16-30-17-25(26-23)13-4-14-27(24(29)20-7-8-20)22(25)15-31-21-11-9-19(10-12-21)18-5-2-1-3-6-18/h1-3,5-6,19-22H,4,7-17H2,(H,26,28)/t19?,21?,22-,25+/m1/s1. The van der Waals surface area contributed by atoms with Crippen LogP contribution in [0.4, 0.5) is 0 Å². The molecule has 1 spiro atoms. The van der Waals surface area contributed by atoms with E-state index >= 15 is 0 Å². The molecule has 168 valence electrons. The third-order valence-electron chi connectivity index (χ3n) is 7.66. The second kappa shape index (κ2) is 8.91. The Morgan fingerprint density at radius 1 is 1.13 bits per heavy atom. The zero-order valence-electron chi connectivity index (χ0n) is 18.3. The summed E-state index contributed by atoms with van der Waals surface area (Å²) in [5, 5.41) is 3.20. The van der Waals surface area contributed by atoms with E-state index in [4.69, 9.17) is 9.47 Å². The van der Waals surface area contributed by atoms with Crippen molar-refractivity contribution in [1.82, 2.24) is 10.2 Å². The highest BCUT2D eigenvalue weighted by Crippen LogP contribution is 2.38. The molecule has 5 rings (SSSR count). The van der Waals surface area contributed by atoms with Crippen LogP contribution in [-0.2, 0) is 19.1 Å². The highest BCUT2D eigenvalue weighted by Gasteiger charge is 2.51. The van der Waals surface area contributed by atoms with Gasteiger partial charge in [-0.2, -0.15) is 0 Å². The number of hydrogen-bond acceptors (Lipinski definition) is 4. The second-order valence-electron chi connectivity index (χ2n) is 9.84. The minimum atomic E-state index is -0.515. The predicted molar refractivity (Wildman–Crippen MR) is 117 cm³/mol. The van der Waals surface area contributed by atoms with Crippen molar-refractivity contribution in [2.45, 2.75) is 75.0 Å². The van der Waals surface area contributed by atoms with Crippen molar-refractivity contribution in [1.29, 1.82) is 0 Å². The normalized spacial score (nSPS) is 33.9. The van der Waals surface area contributed by atoms with Gasteiger partial charge in [-0.1, -0.05) is 30.3 Å². The van der Waals surface area contributed by atoms with Crippen molar-refractivity contribution in [3.63, 3.8) is 0 Å². The molecule has 1 aromatic carbocycles. The van der Waals surface area contributed by atoms with E-state index in [2.05, 4.69) is 35.6 Å². The smallest absolute Gasteiger partial charge is 0.246 e. The second-order valence-corrected chi connectivity index (χ2v) is 9.84. The van der Waals surface area contributed by atoms with Crippen LogP contribution >= 0.6 is 0 Å². The molecule has 1 aromatic rings. The molecule has 0 unspecified atom stereocenters. The lowest BCUT2D eigenvalue weighted by molar-refractivity contribution is -0.156. The third-order valence-corrected chi connectivity index (χ3v) is 7.66. The van der Waals surface area contributed by atoms with E-state index in [-0.39, 0.29) is 36.5 Å². The van der Waals surface area contributed by atoms with Crippen molar-refractivity contribution in [3.8, 4) is 0 Å².